The summed E-state index contributed by atoms with van der Waals surface area (Å²) in [5, 5.41) is 12.1. The molecule has 5 heteroatoms. The van der Waals surface area contributed by atoms with Crippen molar-refractivity contribution >= 4 is 6.03 Å². The molecule has 0 spiro atoms. The molecule has 0 aromatic heterocycles. The number of nitrogens with one attached hydrogen (secondary N) is 1. The molecule has 0 aromatic carbocycles. The largest absolute Gasteiger partial charge is 0.394 e. The number of nitrogens with zero attached hydrogens (tertiary/aromatic N) is 1. The molecule has 1 unspecified atom stereocenters. The van der Waals surface area contributed by atoms with Crippen LogP contribution in [0.2, 0.25) is 0 Å². The molecule has 0 radical (unpaired) electrons. The quantitative estimate of drug-likeness (QED) is 0.740. The van der Waals surface area contributed by atoms with Gasteiger partial charge in [-0.05, 0) is 31.6 Å². The Balaban J connectivity index is 2.45. The highest BCUT2D eigenvalue weighted by Crippen LogP contribution is 2.40. The van der Waals surface area contributed by atoms with Crippen molar-refractivity contribution in [1.82, 2.24) is 10.2 Å². The Morgan fingerprint density at radius 2 is 2.11 bits per heavy atom. The number of hydrogen-bond donors (Lipinski definition) is 2. The lowest BCUT2D eigenvalue weighted by atomic mass is 9.83. The van der Waals surface area contributed by atoms with Crippen molar-refractivity contribution < 1.29 is 14.6 Å². The molecule has 1 fully saturated rings. The Labute approximate surface area is 116 Å². The van der Waals surface area contributed by atoms with Crippen LogP contribution in [0.3, 0.4) is 0 Å². The van der Waals surface area contributed by atoms with Gasteiger partial charge in [-0.3, -0.25) is 0 Å². The molecule has 2 N–H and O–H groups in total. The molecule has 1 aliphatic rings. The van der Waals surface area contributed by atoms with Crippen molar-refractivity contribution in [2.75, 3.05) is 33.9 Å². The summed E-state index contributed by atoms with van der Waals surface area (Å²) in [6, 6.07) is -0.260. The molecule has 5 nitrogen and oxygen atoms in total. The Kier molecular flexibility index (Phi) is 6.58. The number of hydrogen-bond acceptors (Lipinski definition) is 3. The van der Waals surface area contributed by atoms with Crippen molar-refractivity contribution in [3.8, 4) is 0 Å². The Hall–Kier alpha value is -0.810. The molecule has 19 heavy (non-hydrogen) atoms. The zero-order valence-electron chi connectivity index (χ0n) is 12.4. The number of amides is 2. The van der Waals surface area contributed by atoms with Crippen LogP contribution in [0.15, 0.2) is 0 Å². The number of urea groups is 1. The third-order valence-electron chi connectivity index (χ3n) is 4.36. The summed E-state index contributed by atoms with van der Waals surface area (Å²) in [6.45, 7) is 3.27. The fraction of sp³-hybridized carbons (Fsp3) is 0.929. The molecule has 1 saturated carbocycles. The minimum atomic E-state index is -0.154. The number of carbonyl (C=O) groups excluding carboxylic acids is 1. The van der Waals surface area contributed by atoms with Crippen LogP contribution in [0.25, 0.3) is 0 Å². The SMILES string of the molecule is COCCC1(CNC(=O)N(C)C(C)CO)CCCC1. The highest BCUT2D eigenvalue weighted by molar-refractivity contribution is 5.74. The van der Waals surface area contributed by atoms with Gasteiger partial charge in [-0.2, -0.15) is 0 Å². The first-order valence-electron chi connectivity index (χ1n) is 7.15. The second-order valence-electron chi connectivity index (χ2n) is 5.75. The molecule has 0 aromatic rings. The van der Waals surface area contributed by atoms with Gasteiger partial charge < -0.3 is 20.1 Å². The summed E-state index contributed by atoms with van der Waals surface area (Å²) in [4.78, 5) is 13.5. The minimum absolute atomic E-state index is 0.0151. The van der Waals surface area contributed by atoms with Gasteiger partial charge in [0, 0.05) is 27.3 Å². The zero-order valence-corrected chi connectivity index (χ0v) is 12.4. The highest BCUT2D eigenvalue weighted by Gasteiger charge is 2.34. The first-order valence-corrected chi connectivity index (χ1v) is 7.15. The third-order valence-corrected chi connectivity index (χ3v) is 4.36. The molecule has 2 amide bonds. The summed E-state index contributed by atoms with van der Waals surface area (Å²) in [5.74, 6) is 0. The normalized spacial score (nSPS) is 19.2. The van der Waals surface area contributed by atoms with E-state index in [-0.39, 0.29) is 24.1 Å². The number of ether oxygens (including phenoxy) is 1. The van der Waals surface area contributed by atoms with Crippen LogP contribution < -0.4 is 5.32 Å². The van der Waals surface area contributed by atoms with Crippen molar-refractivity contribution in [1.29, 1.82) is 0 Å². The maximum atomic E-state index is 12.0. The van der Waals surface area contributed by atoms with Crippen molar-refractivity contribution in [2.24, 2.45) is 5.41 Å². The number of likely N-dealkylation sites (N-methyl/N-ethyl adjacent to an activating group) is 1. The molecule has 1 atom stereocenters. The van der Waals surface area contributed by atoms with Crippen LogP contribution in [0, 0.1) is 5.41 Å². The van der Waals surface area contributed by atoms with Crippen molar-refractivity contribution in [3.63, 3.8) is 0 Å². The zero-order chi connectivity index (χ0) is 14.3. The van der Waals surface area contributed by atoms with E-state index >= 15 is 0 Å². The molecule has 0 heterocycles. The lowest BCUT2D eigenvalue weighted by molar-refractivity contribution is 0.128. The fourth-order valence-corrected chi connectivity index (χ4v) is 2.67. The van der Waals surface area contributed by atoms with Crippen molar-refractivity contribution in [2.45, 2.75) is 45.1 Å². The van der Waals surface area contributed by atoms with Gasteiger partial charge in [-0.1, -0.05) is 12.8 Å². The molecule has 1 aliphatic carbocycles. The standard InChI is InChI=1S/C14H28N2O3/c1-12(10-17)16(2)13(18)15-11-14(8-9-19-3)6-4-5-7-14/h12,17H,4-11H2,1-3H3,(H,15,18). The first kappa shape index (κ1) is 16.2. The van der Waals surface area contributed by atoms with Gasteiger partial charge in [0.25, 0.3) is 0 Å². The predicted octanol–water partition coefficient (Wildman–Crippen LogP) is 1.61. The van der Waals surface area contributed by atoms with E-state index in [1.807, 2.05) is 6.92 Å². The lowest BCUT2D eigenvalue weighted by Crippen LogP contribution is -2.47. The molecule has 112 valence electrons. The van der Waals surface area contributed by atoms with Gasteiger partial charge in [0.15, 0.2) is 0 Å². The third kappa shape index (κ3) is 4.66. The van der Waals surface area contributed by atoms with E-state index in [2.05, 4.69) is 5.32 Å². The average molecular weight is 272 g/mol. The lowest BCUT2D eigenvalue weighted by Gasteiger charge is -2.31. The van der Waals surface area contributed by atoms with E-state index in [0.29, 0.717) is 6.54 Å². The summed E-state index contributed by atoms with van der Waals surface area (Å²) in [6.07, 6.45) is 5.81. The van der Waals surface area contributed by atoms with E-state index in [0.717, 1.165) is 25.9 Å². The summed E-state index contributed by atoms with van der Waals surface area (Å²) < 4.78 is 5.18. The van der Waals surface area contributed by atoms with Crippen LogP contribution >= 0.6 is 0 Å². The number of rotatable bonds is 7. The fourth-order valence-electron chi connectivity index (χ4n) is 2.67. The number of aliphatic hydroxyl groups excluding tert-OH is 1. The van der Waals surface area contributed by atoms with Crippen molar-refractivity contribution in [3.05, 3.63) is 0 Å². The Bertz CT molecular complexity index is 278. The van der Waals surface area contributed by atoms with E-state index < -0.39 is 0 Å². The maximum Gasteiger partial charge on any atom is 0.317 e. The van der Waals surface area contributed by atoms with E-state index in [9.17, 15) is 4.79 Å². The molecular formula is C14H28N2O3. The van der Waals surface area contributed by atoms with Gasteiger partial charge in [-0.15, -0.1) is 0 Å². The molecular weight excluding hydrogens is 244 g/mol. The second kappa shape index (κ2) is 7.70. The minimum Gasteiger partial charge on any atom is -0.394 e. The summed E-state index contributed by atoms with van der Waals surface area (Å²) in [5.41, 5.74) is 0.203. The monoisotopic (exact) mass is 272 g/mol. The van der Waals surface area contributed by atoms with Gasteiger partial charge in [0.1, 0.15) is 0 Å². The van der Waals surface area contributed by atoms with Gasteiger partial charge >= 0.3 is 6.03 Å². The number of carbonyl (C=O) groups is 1. The van der Waals surface area contributed by atoms with E-state index in [1.54, 1.807) is 19.1 Å². The molecule has 1 rings (SSSR count). The number of methoxy groups -OCH3 is 1. The molecule has 0 saturated heterocycles. The van der Waals surface area contributed by atoms with Crippen LogP contribution in [0.1, 0.15) is 39.0 Å². The Morgan fingerprint density at radius 3 is 2.63 bits per heavy atom. The molecule has 0 bridgehead atoms. The molecule has 0 aliphatic heterocycles. The van der Waals surface area contributed by atoms with E-state index in [4.69, 9.17) is 9.84 Å². The van der Waals surface area contributed by atoms with Crippen LogP contribution in [-0.4, -0.2) is 56.0 Å². The van der Waals surface area contributed by atoms with Gasteiger partial charge in [0.05, 0.1) is 12.6 Å². The van der Waals surface area contributed by atoms with E-state index in [1.165, 1.54) is 12.8 Å². The predicted molar refractivity (Wildman–Crippen MR) is 75.1 cm³/mol. The highest BCUT2D eigenvalue weighted by atomic mass is 16.5. The second-order valence-corrected chi connectivity index (χ2v) is 5.75. The van der Waals surface area contributed by atoms with Gasteiger partial charge in [0.2, 0.25) is 0 Å². The maximum absolute atomic E-state index is 12.0. The van der Waals surface area contributed by atoms with Crippen LogP contribution in [0.4, 0.5) is 4.79 Å². The average Bonchev–Trinajstić information content (AvgIpc) is 2.90. The Morgan fingerprint density at radius 1 is 1.47 bits per heavy atom. The smallest absolute Gasteiger partial charge is 0.317 e. The number of aliphatic hydroxyl groups is 1. The summed E-state index contributed by atoms with van der Waals surface area (Å²) >= 11 is 0. The summed E-state index contributed by atoms with van der Waals surface area (Å²) in [7, 11) is 3.44. The van der Waals surface area contributed by atoms with Gasteiger partial charge in [-0.25, -0.2) is 4.79 Å². The topological polar surface area (TPSA) is 61.8 Å². The van der Waals surface area contributed by atoms with Crippen LogP contribution in [0.5, 0.6) is 0 Å². The first-order chi connectivity index (χ1) is 9.04. The van der Waals surface area contributed by atoms with Crippen LogP contribution in [-0.2, 0) is 4.74 Å².